The molecule has 0 bridgehead atoms. The van der Waals surface area contributed by atoms with Gasteiger partial charge in [-0.2, -0.15) is 0 Å². The molecule has 2 rings (SSSR count). The molecule has 1 aromatic rings. The third kappa shape index (κ3) is 3.66. The molecule has 0 saturated carbocycles. The number of rotatable bonds is 3. The van der Waals surface area contributed by atoms with Crippen molar-refractivity contribution in [1.82, 2.24) is 4.90 Å². The smallest absolute Gasteiger partial charge is 0.125 e. The summed E-state index contributed by atoms with van der Waals surface area (Å²) in [6.45, 7) is 6.74. The monoisotopic (exact) mass is 286 g/mol. The van der Waals surface area contributed by atoms with Crippen LogP contribution in [0.3, 0.4) is 0 Å². The van der Waals surface area contributed by atoms with Gasteiger partial charge < -0.3 is 10.5 Å². The molecule has 0 radical (unpaired) electrons. The summed E-state index contributed by atoms with van der Waals surface area (Å²) in [4.78, 5) is 2.23. The topological polar surface area (TPSA) is 38.5 Å². The highest BCUT2D eigenvalue weighted by Crippen LogP contribution is 2.28. The van der Waals surface area contributed by atoms with Crippen molar-refractivity contribution in [2.45, 2.75) is 25.5 Å². The number of nitrogens with two attached hydrogens (primary N) is 1. The fourth-order valence-electron chi connectivity index (χ4n) is 2.58. The van der Waals surface area contributed by atoms with Gasteiger partial charge in [0.25, 0.3) is 0 Å². The minimum Gasteiger partial charge on any atom is -0.373 e. The molecule has 1 fully saturated rings. The van der Waals surface area contributed by atoms with E-state index in [-0.39, 0.29) is 17.5 Å². The van der Waals surface area contributed by atoms with Gasteiger partial charge in [0.15, 0.2) is 0 Å². The molecular weight excluding hydrogens is 267 g/mol. The van der Waals surface area contributed by atoms with E-state index in [0.717, 1.165) is 18.7 Å². The Hall–Kier alpha value is -0.680. The van der Waals surface area contributed by atoms with Gasteiger partial charge in [0.05, 0.1) is 12.2 Å². The normalized spacial score (nSPS) is 21.3. The predicted octanol–water partition coefficient (Wildman–Crippen LogP) is 2.59. The van der Waals surface area contributed by atoms with Crippen LogP contribution < -0.4 is 5.73 Å². The lowest BCUT2D eigenvalue weighted by Crippen LogP contribution is -2.50. The molecule has 1 atom stereocenters. The molecule has 0 spiro atoms. The molecule has 0 amide bonds. The fraction of sp³-hybridized carbons (Fsp3) is 0.571. The number of benzene rings is 1. The van der Waals surface area contributed by atoms with Crippen LogP contribution >= 0.6 is 11.6 Å². The van der Waals surface area contributed by atoms with Crippen molar-refractivity contribution in [2.24, 2.45) is 5.73 Å². The second-order valence-corrected chi connectivity index (χ2v) is 5.97. The number of hydrogen-bond donors (Lipinski definition) is 1. The van der Waals surface area contributed by atoms with E-state index in [1.54, 1.807) is 6.07 Å². The van der Waals surface area contributed by atoms with Crippen molar-refractivity contribution in [1.29, 1.82) is 0 Å². The standard InChI is InChI=1S/C14H20ClFN2O/c1-14(2)9-18(3-4-19-14)13(8-17)10-5-11(15)7-12(16)6-10/h5-7,13H,3-4,8-9,17H2,1-2H3. The van der Waals surface area contributed by atoms with Crippen molar-refractivity contribution < 1.29 is 9.13 Å². The molecule has 1 saturated heterocycles. The highest BCUT2D eigenvalue weighted by atomic mass is 35.5. The van der Waals surface area contributed by atoms with E-state index < -0.39 is 0 Å². The summed E-state index contributed by atoms with van der Waals surface area (Å²) in [6, 6.07) is 4.56. The highest BCUT2D eigenvalue weighted by molar-refractivity contribution is 6.30. The first-order valence-corrected chi connectivity index (χ1v) is 6.83. The van der Waals surface area contributed by atoms with E-state index in [9.17, 15) is 4.39 Å². The lowest BCUT2D eigenvalue weighted by Gasteiger charge is -2.42. The van der Waals surface area contributed by atoms with Crippen molar-refractivity contribution >= 4 is 11.6 Å². The van der Waals surface area contributed by atoms with Gasteiger partial charge in [0.1, 0.15) is 5.82 Å². The van der Waals surface area contributed by atoms with Crippen LogP contribution in [0, 0.1) is 5.82 Å². The van der Waals surface area contributed by atoms with Gasteiger partial charge >= 0.3 is 0 Å². The van der Waals surface area contributed by atoms with Crippen molar-refractivity contribution in [2.75, 3.05) is 26.2 Å². The van der Waals surface area contributed by atoms with Crippen molar-refractivity contribution in [3.8, 4) is 0 Å². The lowest BCUT2D eigenvalue weighted by atomic mass is 10.0. The zero-order valence-corrected chi connectivity index (χ0v) is 12.1. The molecule has 1 heterocycles. The van der Waals surface area contributed by atoms with Gasteiger partial charge in [-0.25, -0.2) is 4.39 Å². The Kier molecular flexibility index (Phi) is 4.46. The number of hydrogen-bond acceptors (Lipinski definition) is 3. The summed E-state index contributed by atoms with van der Waals surface area (Å²) in [5.41, 5.74) is 6.50. The zero-order chi connectivity index (χ0) is 14.0. The zero-order valence-electron chi connectivity index (χ0n) is 11.3. The van der Waals surface area contributed by atoms with Crippen LogP contribution in [0.25, 0.3) is 0 Å². The third-order valence-electron chi connectivity index (χ3n) is 3.39. The second-order valence-electron chi connectivity index (χ2n) is 5.53. The molecule has 3 nitrogen and oxygen atoms in total. The molecule has 0 aromatic heterocycles. The molecule has 1 aliphatic rings. The molecular formula is C14H20ClFN2O. The summed E-state index contributed by atoms with van der Waals surface area (Å²) >= 11 is 5.92. The minimum atomic E-state index is -0.325. The van der Waals surface area contributed by atoms with Gasteiger partial charge in [0, 0.05) is 30.7 Å². The second kappa shape index (κ2) is 5.75. The molecule has 19 heavy (non-hydrogen) atoms. The van der Waals surface area contributed by atoms with Gasteiger partial charge in [0.2, 0.25) is 0 Å². The largest absolute Gasteiger partial charge is 0.373 e. The molecule has 2 N–H and O–H groups in total. The quantitative estimate of drug-likeness (QED) is 0.928. The van der Waals surface area contributed by atoms with E-state index in [1.807, 2.05) is 13.8 Å². The Morgan fingerprint density at radius 1 is 1.47 bits per heavy atom. The summed E-state index contributed by atoms with van der Waals surface area (Å²) in [7, 11) is 0. The Morgan fingerprint density at radius 2 is 2.21 bits per heavy atom. The van der Waals surface area contributed by atoms with E-state index in [1.165, 1.54) is 12.1 Å². The van der Waals surface area contributed by atoms with E-state index in [0.29, 0.717) is 18.2 Å². The fourth-order valence-corrected chi connectivity index (χ4v) is 2.81. The first-order chi connectivity index (χ1) is 8.91. The van der Waals surface area contributed by atoms with Crippen LogP contribution in [-0.4, -0.2) is 36.7 Å². The Morgan fingerprint density at radius 3 is 2.79 bits per heavy atom. The van der Waals surface area contributed by atoms with Crippen LogP contribution in [0.2, 0.25) is 5.02 Å². The molecule has 106 valence electrons. The summed E-state index contributed by atoms with van der Waals surface area (Å²) in [6.07, 6.45) is 0. The maximum atomic E-state index is 13.5. The van der Waals surface area contributed by atoms with Crippen LogP contribution in [0.15, 0.2) is 18.2 Å². The first kappa shape index (κ1) is 14.7. The number of nitrogens with zero attached hydrogens (tertiary/aromatic N) is 1. The minimum absolute atomic E-state index is 0.0311. The highest BCUT2D eigenvalue weighted by Gasteiger charge is 2.31. The average Bonchev–Trinajstić information content (AvgIpc) is 2.27. The predicted molar refractivity (Wildman–Crippen MR) is 74.8 cm³/mol. The molecule has 1 aliphatic heterocycles. The lowest BCUT2D eigenvalue weighted by molar-refractivity contribution is -0.0967. The van der Waals surface area contributed by atoms with Crippen molar-refractivity contribution in [3.05, 3.63) is 34.6 Å². The third-order valence-corrected chi connectivity index (χ3v) is 3.61. The molecule has 1 unspecified atom stereocenters. The van der Waals surface area contributed by atoms with Gasteiger partial charge in [-0.15, -0.1) is 0 Å². The molecule has 1 aromatic carbocycles. The summed E-state index contributed by atoms with van der Waals surface area (Å²) in [5.74, 6) is -0.325. The van der Waals surface area contributed by atoms with Crippen molar-refractivity contribution in [3.63, 3.8) is 0 Å². The van der Waals surface area contributed by atoms with Crippen LogP contribution in [0.5, 0.6) is 0 Å². The van der Waals surface area contributed by atoms with Gasteiger partial charge in [-0.1, -0.05) is 11.6 Å². The maximum Gasteiger partial charge on any atom is 0.125 e. The van der Waals surface area contributed by atoms with Gasteiger partial charge in [-0.05, 0) is 37.6 Å². The summed E-state index contributed by atoms with van der Waals surface area (Å²) < 4.78 is 19.2. The SMILES string of the molecule is CC1(C)CN(C(CN)c2cc(F)cc(Cl)c2)CCO1. The number of morpholine rings is 1. The van der Waals surface area contributed by atoms with Gasteiger partial charge in [-0.3, -0.25) is 4.90 Å². The number of halogens is 2. The van der Waals surface area contributed by atoms with E-state index in [4.69, 9.17) is 22.1 Å². The van der Waals surface area contributed by atoms with Crippen LogP contribution in [-0.2, 0) is 4.74 Å². The maximum absolute atomic E-state index is 13.5. The number of ether oxygens (including phenoxy) is 1. The molecule has 5 heteroatoms. The van der Waals surface area contributed by atoms with Crippen LogP contribution in [0.4, 0.5) is 4.39 Å². The van der Waals surface area contributed by atoms with E-state index in [2.05, 4.69) is 4.90 Å². The average molecular weight is 287 g/mol. The Labute approximate surface area is 118 Å². The first-order valence-electron chi connectivity index (χ1n) is 6.45. The van der Waals surface area contributed by atoms with Crippen LogP contribution in [0.1, 0.15) is 25.5 Å². The van der Waals surface area contributed by atoms with E-state index >= 15 is 0 Å². The molecule has 0 aliphatic carbocycles. The Bertz CT molecular complexity index is 433. The Balaban J connectivity index is 2.23. The summed E-state index contributed by atoms with van der Waals surface area (Å²) in [5, 5.41) is 0.404.